The number of allylic oxidation sites excluding steroid dienone is 1. The van der Waals surface area contributed by atoms with Crippen molar-refractivity contribution in [2.24, 2.45) is 0 Å². The van der Waals surface area contributed by atoms with Crippen molar-refractivity contribution >= 4 is 22.4 Å². The maximum Gasteiger partial charge on any atom is 0.246 e. The molecule has 1 fully saturated rings. The molecule has 2 heterocycles. The summed E-state index contributed by atoms with van der Waals surface area (Å²) in [5.41, 5.74) is 4.16. The van der Waals surface area contributed by atoms with Crippen LogP contribution < -0.4 is 4.74 Å². The Morgan fingerprint density at radius 2 is 1.92 bits per heavy atom. The number of nitrogens with zero attached hydrogens (tertiary/aromatic N) is 1. The monoisotopic (exact) mass is 339 g/mol. The van der Waals surface area contributed by atoms with Crippen LogP contribution in [-0.2, 0) is 17.6 Å². The van der Waals surface area contributed by atoms with E-state index in [0.717, 1.165) is 67.0 Å². The van der Waals surface area contributed by atoms with Crippen LogP contribution in [0.5, 0.6) is 5.75 Å². The van der Waals surface area contributed by atoms with Gasteiger partial charge < -0.3 is 14.1 Å². The normalized spacial score (nSPS) is 17.8. The van der Waals surface area contributed by atoms with Crippen LogP contribution in [0.15, 0.2) is 22.6 Å². The molecule has 1 saturated heterocycles. The summed E-state index contributed by atoms with van der Waals surface area (Å²) in [6.07, 6.45) is 8.46. The summed E-state index contributed by atoms with van der Waals surface area (Å²) >= 11 is 0. The second-order valence-electron chi connectivity index (χ2n) is 7.12. The summed E-state index contributed by atoms with van der Waals surface area (Å²) in [5.74, 6) is 1.99. The summed E-state index contributed by atoms with van der Waals surface area (Å²) in [4.78, 5) is 14.4. The summed E-state index contributed by atoms with van der Waals surface area (Å²) in [6.45, 7) is 3.73. The first-order valence-corrected chi connectivity index (χ1v) is 9.27. The summed E-state index contributed by atoms with van der Waals surface area (Å²) < 4.78 is 11.6. The molecule has 1 aromatic carbocycles. The maximum absolute atomic E-state index is 12.5. The van der Waals surface area contributed by atoms with Gasteiger partial charge in [0.15, 0.2) is 0 Å². The van der Waals surface area contributed by atoms with Gasteiger partial charge in [0.05, 0.1) is 7.11 Å². The van der Waals surface area contributed by atoms with Crippen LogP contribution in [0.2, 0.25) is 0 Å². The Bertz CT molecular complexity index is 840. The Balaban J connectivity index is 1.75. The SMILES string of the molecule is COc1cc2oc3c(c2cc1/C(C)=C/C(=O)N1CCCC1)CCCC3. The van der Waals surface area contributed by atoms with Crippen molar-refractivity contribution in [1.29, 1.82) is 0 Å². The predicted octanol–water partition coefficient (Wildman–Crippen LogP) is 4.35. The maximum atomic E-state index is 12.5. The van der Waals surface area contributed by atoms with Gasteiger partial charge >= 0.3 is 0 Å². The van der Waals surface area contributed by atoms with Gasteiger partial charge in [-0.15, -0.1) is 0 Å². The van der Waals surface area contributed by atoms with Gasteiger partial charge in [-0.05, 0) is 50.7 Å². The standard InChI is InChI=1S/C21H25NO3/c1-14(11-21(23)22-9-5-6-10-22)16-12-17-15-7-3-4-8-18(15)25-20(17)13-19(16)24-2/h11-13H,3-10H2,1-2H3/b14-11+. The average molecular weight is 339 g/mol. The predicted molar refractivity (Wildman–Crippen MR) is 98.9 cm³/mol. The molecule has 1 amide bonds. The van der Waals surface area contributed by atoms with Gasteiger partial charge in [-0.25, -0.2) is 0 Å². The number of likely N-dealkylation sites (tertiary alicyclic amines) is 1. The zero-order valence-corrected chi connectivity index (χ0v) is 15.1. The first-order valence-electron chi connectivity index (χ1n) is 9.27. The number of hydrogen-bond donors (Lipinski definition) is 0. The van der Waals surface area contributed by atoms with Crippen LogP contribution in [0.1, 0.15) is 49.5 Å². The smallest absolute Gasteiger partial charge is 0.246 e. The van der Waals surface area contributed by atoms with Crippen LogP contribution in [0, 0.1) is 0 Å². The zero-order valence-electron chi connectivity index (χ0n) is 15.1. The third kappa shape index (κ3) is 2.94. The van der Waals surface area contributed by atoms with Crippen LogP contribution in [0.25, 0.3) is 16.5 Å². The van der Waals surface area contributed by atoms with Gasteiger partial charge in [0.2, 0.25) is 5.91 Å². The topological polar surface area (TPSA) is 42.7 Å². The molecule has 1 aliphatic heterocycles. The van der Waals surface area contributed by atoms with Gasteiger partial charge in [0.1, 0.15) is 17.1 Å². The molecule has 0 bridgehead atoms. The van der Waals surface area contributed by atoms with Gasteiger partial charge in [0, 0.05) is 48.2 Å². The van der Waals surface area contributed by atoms with Crippen molar-refractivity contribution in [2.45, 2.75) is 45.4 Å². The van der Waals surface area contributed by atoms with Crippen LogP contribution in [0.3, 0.4) is 0 Å². The lowest BCUT2D eigenvalue weighted by Gasteiger charge is -2.14. The Kier molecular flexibility index (Phi) is 4.28. The largest absolute Gasteiger partial charge is 0.496 e. The lowest BCUT2D eigenvalue weighted by Crippen LogP contribution is -2.25. The molecule has 0 atom stereocenters. The fraction of sp³-hybridized carbons (Fsp3) is 0.476. The highest BCUT2D eigenvalue weighted by atomic mass is 16.5. The lowest BCUT2D eigenvalue weighted by atomic mass is 9.94. The van der Waals surface area contributed by atoms with Crippen LogP contribution in [0.4, 0.5) is 0 Å². The van der Waals surface area contributed by atoms with E-state index in [0.29, 0.717) is 0 Å². The number of benzene rings is 1. The molecule has 4 rings (SSSR count). The third-order valence-electron chi connectivity index (χ3n) is 5.46. The molecule has 0 unspecified atom stereocenters. The second-order valence-corrected chi connectivity index (χ2v) is 7.12. The van der Waals surface area contributed by atoms with E-state index in [1.165, 1.54) is 23.8 Å². The van der Waals surface area contributed by atoms with E-state index in [2.05, 4.69) is 6.07 Å². The molecule has 0 spiro atoms. The Hall–Kier alpha value is -2.23. The number of carbonyl (C=O) groups excluding carboxylic acids is 1. The lowest BCUT2D eigenvalue weighted by molar-refractivity contribution is -0.124. The number of carbonyl (C=O) groups is 1. The van der Waals surface area contributed by atoms with Gasteiger partial charge in [-0.1, -0.05) is 0 Å². The minimum absolute atomic E-state index is 0.103. The molecule has 1 aliphatic carbocycles. The van der Waals surface area contributed by atoms with Crippen molar-refractivity contribution in [1.82, 2.24) is 4.90 Å². The van der Waals surface area contributed by atoms with E-state index in [-0.39, 0.29) is 5.91 Å². The molecule has 0 N–H and O–H groups in total. The number of furan rings is 1. The molecule has 2 aromatic rings. The van der Waals surface area contributed by atoms with Gasteiger partial charge in [-0.2, -0.15) is 0 Å². The summed E-state index contributed by atoms with van der Waals surface area (Å²) in [6, 6.07) is 4.12. The minimum atomic E-state index is 0.103. The number of amides is 1. The Labute approximate surface area is 148 Å². The highest BCUT2D eigenvalue weighted by molar-refractivity contribution is 5.97. The number of ether oxygens (including phenoxy) is 1. The molecule has 1 aromatic heterocycles. The van der Waals surface area contributed by atoms with E-state index in [9.17, 15) is 4.79 Å². The number of methoxy groups -OCH3 is 1. The second kappa shape index (κ2) is 6.58. The fourth-order valence-corrected chi connectivity index (χ4v) is 4.06. The zero-order chi connectivity index (χ0) is 17.4. The molecule has 4 nitrogen and oxygen atoms in total. The number of aryl methyl sites for hydroxylation is 2. The van der Waals surface area contributed by atoms with Gasteiger partial charge in [-0.3, -0.25) is 4.79 Å². The molecule has 132 valence electrons. The number of hydrogen-bond acceptors (Lipinski definition) is 3. The molecular formula is C21H25NO3. The highest BCUT2D eigenvalue weighted by Gasteiger charge is 2.21. The van der Waals surface area contributed by atoms with E-state index < -0.39 is 0 Å². The van der Waals surface area contributed by atoms with Crippen molar-refractivity contribution in [3.05, 3.63) is 35.1 Å². The molecule has 0 saturated carbocycles. The Morgan fingerprint density at radius 3 is 2.68 bits per heavy atom. The van der Waals surface area contributed by atoms with Crippen LogP contribution >= 0.6 is 0 Å². The van der Waals surface area contributed by atoms with Crippen molar-refractivity contribution < 1.29 is 13.9 Å². The molecule has 2 aliphatic rings. The molecule has 25 heavy (non-hydrogen) atoms. The summed E-state index contributed by atoms with van der Waals surface area (Å²) in [5, 5.41) is 1.17. The minimum Gasteiger partial charge on any atom is -0.496 e. The van der Waals surface area contributed by atoms with E-state index in [1.54, 1.807) is 13.2 Å². The first kappa shape index (κ1) is 16.2. The first-order chi connectivity index (χ1) is 12.2. The third-order valence-corrected chi connectivity index (χ3v) is 5.46. The molecular weight excluding hydrogens is 314 g/mol. The summed E-state index contributed by atoms with van der Waals surface area (Å²) in [7, 11) is 1.67. The van der Waals surface area contributed by atoms with Crippen LogP contribution in [-0.4, -0.2) is 31.0 Å². The van der Waals surface area contributed by atoms with Crippen molar-refractivity contribution in [2.75, 3.05) is 20.2 Å². The molecule has 4 heteroatoms. The average Bonchev–Trinajstić information content (AvgIpc) is 3.27. The van der Waals surface area contributed by atoms with E-state index in [1.807, 2.05) is 17.9 Å². The van der Waals surface area contributed by atoms with E-state index in [4.69, 9.17) is 9.15 Å². The van der Waals surface area contributed by atoms with Gasteiger partial charge in [0.25, 0.3) is 0 Å². The van der Waals surface area contributed by atoms with Crippen molar-refractivity contribution in [3.8, 4) is 5.75 Å². The quantitative estimate of drug-likeness (QED) is 0.781. The number of rotatable bonds is 3. The highest BCUT2D eigenvalue weighted by Crippen LogP contribution is 2.37. The number of fused-ring (bicyclic) bond motifs is 3. The Morgan fingerprint density at radius 1 is 1.16 bits per heavy atom. The fourth-order valence-electron chi connectivity index (χ4n) is 4.06. The van der Waals surface area contributed by atoms with Crippen molar-refractivity contribution in [3.63, 3.8) is 0 Å². The van der Waals surface area contributed by atoms with E-state index >= 15 is 0 Å². The molecule has 0 radical (unpaired) electrons.